The zero-order chi connectivity index (χ0) is 15.6. The van der Waals surface area contributed by atoms with Gasteiger partial charge in [-0.05, 0) is 5.92 Å². The molecule has 0 aliphatic heterocycles. The van der Waals surface area contributed by atoms with Gasteiger partial charge in [0.25, 0.3) is 0 Å². The molecule has 0 radical (unpaired) electrons. The Morgan fingerprint density at radius 2 is 1.20 bits per heavy atom. The predicted octanol–water partition coefficient (Wildman–Crippen LogP) is -2.37. The van der Waals surface area contributed by atoms with Crippen LogP contribution in [0, 0.1) is 0 Å². The molecule has 0 heterocycles. The largest absolute Gasteiger partial charge is 1.00 e. The Morgan fingerprint density at radius 1 is 0.760 bits per heavy atom. The third kappa shape index (κ3) is 5.00. The molecule has 0 unspecified atom stereocenters. The quantitative estimate of drug-likeness (QED) is 0.251. The van der Waals surface area contributed by atoms with Crippen molar-refractivity contribution in [3.8, 4) is 0 Å². The van der Waals surface area contributed by atoms with Crippen LogP contribution in [0.15, 0.2) is 78.9 Å². The normalized spacial score (nSPS) is 10.4. The second-order valence-corrected chi connectivity index (χ2v) is 10.4. The fourth-order valence-corrected chi connectivity index (χ4v) is 6.77. The summed E-state index contributed by atoms with van der Waals surface area (Å²) in [5, 5.41) is 4.46. The first-order chi connectivity index (χ1) is 10.6. The minimum absolute atomic E-state index is 0. The van der Waals surface area contributed by atoms with Crippen molar-refractivity contribution in [2.24, 2.45) is 0 Å². The molecule has 0 N–H and O–H groups in total. The summed E-state index contributed by atoms with van der Waals surface area (Å²) in [5.41, 5.74) is 1.44. The summed E-state index contributed by atoms with van der Waals surface area (Å²) in [7, 11) is -1.90. The van der Waals surface area contributed by atoms with Crippen LogP contribution in [-0.4, -0.2) is 8.07 Å². The van der Waals surface area contributed by atoms with Crippen LogP contribution in [0.25, 0.3) is 0 Å². The van der Waals surface area contributed by atoms with E-state index in [2.05, 4.69) is 99.3 Å². The maximum absolute atomic E-state index is 2.47. The van der Waals surface area contributed by atoms with E-state index in [4.69, 9.17) is 0 Å². The molecule has 0 atom stereocenters. The van der Waals surface area contributed by atoms with Gasteiger partial charge in [0.15, 0.2) is 0 Å². The Bertz CT molecular complexity index is 699. The SMILES string of the molecule is CC(C)c1cc([Si](C)(c2ccccc2)c2ccccc2)c[cH-]1.[Cl-].[Cl-].[Hf]. The fourth-order valence-electron chi connectivity index (χ4n) is 3.17. The Kier molecular flexibility index (Phi) is 10.3. The minimum Gasteiger partial charge on any atom is -1.00 e. The van der Waals surface area contributed by atoms with E-state index in [1.807, 2.05) is 0 Å². The zero-order valence-electron chi connectivity index (χ0n) is 14.8. The molecule has 0 amide bonds. The molecular weight excluding hydrogens is 530 g/mol. The van der Waals surface area contributed by atoms with E-state index < -0.39 is 8.07 Å². The van der Waals surface area contributed by atoms with Gasteiger partial charge in [-0.1, -0.05) is 91.4 Å². The number of benzene rings is 2. The molecule has 3 aromatic carbocycles. The summed E-state index contributed by atoms with van der Waals surface area (Å²) in [6.07, 6.45) is 0. The van der Waals surface area contributed by atoms with Crippen molar-refractivity contribution in [2.45, 2.75) is 26.3 Å². The summed E-state index contributed by atoms with van der Waals surface area (Å²) in [4.78, 5) is 0. The first-order valence-electron chi connectivity index (χ1n) is 8.00. The zero-order valence-corrected chi connectivity index (χ0v) is 20.9. The molecule has 4 heteroatoms. The van der Waals surface area contributed by atoms with Crippen LogP contribution in [0.2, 0.25) is 6.55 Å². The maximum atomic E-state index is 2.47. The van der Waals surface area contributed by atoms with Gasteiger partial charge in [0.2, 0.25) is 0 Å². The molecule has 0 nitrogen and oxygen atoms in total. The van der Waals surface area contributed by atoms with Crippen molar-refractivity contribution in [3.63, 3.8) is 0 Å². The van der Waals surface area contributed by atoms with E-state index >= 15 is 0 Å². The van der Waals surface area contributed by atoms with Gasteiger partial charge in [0.1, 0.15) is 0 Å². The first kappa shape index (κ1) is 24.5. The van der Waals surface area contributed by atoms with Gasteiger partial charge in [-0.2, -0.15) is 22.9 Å². The van der Waals surface area contributed by atoms with E-state index in [9.17, 15) is 0 Å². The van der Waals surface area contributed by atoms with Gasteiger partial charge in [0.05, 0.1) is 8.07 Å². The van der Waals surface area contributed by atoms with Crippen LogP contribution in [-0.2, 0) is 25.8 Å². The smallest absolute Gasteiger partial charge is 0.0783 e. The second-order valence-electron chi connectivity index (χ2n) is 6.44. The van der Waals surface area contributed by atoms with Crippen LogP contribution in [0.3, 0.4) is 0 Å². The monoisotopic (exact) mass is 553 g/mol. The van der Waals surface area contributed by atoms with Gasteiger partial charge in [-0.25, -0.2) is 6.07 Å². The molecule has 25 heavy (non-hydrogen) atoms. The number of hydrogen-bond donors (Lipinski definition) is 0. The number of halogens is 2. The average molecular weight is 553 g/mol. The van der Waals surface area contributed by atoms with E-state index in [1.54, 1.807) is 0 Å². The molecule has 0 saturated heterocycles. The summed E-state index contributed by atoms with van der Waals surface area (Å²) in [6.45, 7) is 7.00. The first-order valence-corrected chi connectivity index (χ1v) is 10.5. The molecule has 3 aromatic rings. The third-order valence-electron chi connectivity index (χ3n) is 4.72. The van der Waals surface area contributed by atoms with Crippen LogP contribution in [0.5, 0.6) is 0 Å². The van der Waals surface area contributed by atoms with E-state index in [0.29, 0.717) is 5.92 Å². The molecule has 132 valence electrons. The molecule has 0 aliphatic rings. The summed E-state index contributed by atoms with van der Waals surface area (Å²) in [5.74, 6) is 0.582. The second kappa shape index (κ2) is 10.6. The van der Waals surface area contributed by atoms with Gasteiger partial charge >= 0.3 is 0 Å². The van der Waals surface area contributed by atoms with Crippen LogP contribution < -0.4 is 40.4 Å². The van der Waals surface area contributed by atoms with E-state index in [1.165, 1.54) is 21.1 Å². The van der Waals surface area contributed by atoms with E-state index in [-0.39, 0.29) is 50.7 Å². The minimum atomic E-state index is -1.90. The summed E-state index contributed by atoms with van der Waals surface area (Å²) < 4.78 is 0. The Labute approximate surface area is 184 Å². The molecule has 0 saturated carbocycles. The molecular formula is C21H23Cl2HfSi-3. The van der Waals surface area contributed by atoms with Crippen molar-refractivity contribution in [2.75, 3.05) is 0 Å². The number of hydrogen-bond acceptors (Lipinski definition) is 0. The fraction of sp³-hybridized carbons (Fsp3) is 0.190. The van der Waals surface area contributed by atoms with Crippen molar-refractivity contribution in [1.29, 1.82) is 0 Å². The van der Waals surface area contributed by atoms with Crippen molar-refractivity contribution < 1.29 is 50.7 Å². The van der Waals surface area contributed by atoms with Crippen LogP contribution >= 0.6 is 0 Å². The molecule has 0 aliphatic carbocycles. The van der Waals surface area contributed by atoms with E-state index in [0.717, 1.165) is 0 Å². The van der Waals surface area contributed by atoms with Crippen molar-refractivity contribution >= 4 is 23.6 Å². The molecule has 0 fully saturated rings. The molecule has 0 bridgehead atoms. The molecule has 0 aromatic heterocycles. The summed E-state index contributed by atoms with van der Waals surface area (Å²) in [6, 6.07) is 29.1. The predicted molar refractivity (Wildman–Crippen MR) is 99.5 cm³/mol. The van der Waals surface area contributed by atoms with Gasteiger partial charge in [0, 0.05) is 25.8 Å². The maximum Gasteiger partial charge on any atom is 0.0783 e. The third-order valence-corrected chi connectivity index (χ3v) is 9.17. The van der Waals surface area contributed by atoms with Crippen molar-refractivity contribution in [1.82, 2.24) is 0 Å². The Morgan fingerprint density at radius 3 is 1.56 bits per heavy atom. The molecule has 3 rings (SSSR count). The summed E-state index contributed by atoms with van der Waals surface area (Å²) >= 11 is 0. The van der Waals surface area contributed by atoms with Crippen LogP contribution in [0.1, 0.15) is 25.3 Å². The average Bonchev–Trinajstić information content (AvgIpc) is 3.06. The Balaban J connectivity index is 0.00000192. The van der Waals surface area contributed by atoms with Crippen molar-refractivity contribution in [3.05, 3.63) is 84.4 Å². The molecule has 0 spiro atoms. The topological polar surface area (TPSA) is 0 Å². The van der Waals surface area contributed by atoms with Gasteiger partial charge in [-0.3, -0.25) is 0 Å². The Hall–Kier alpha value is -0.543. The standard InChI is InChI=1S/C21H23Si.2ClH.Hf/c1-17(2)18-14-15-21(16-18)22(3,19-10-6-4-7-11-19)20-12-8-5-9-13-20;;;/h4-17H,1-3H3;2*1H;/q-1;;;/p-2. The van der Waals surface area contributed by atoms with Gasteiger partial charge < -0.3 is 24.8 Å². The number of rotatable bonds is 4. The van der Waals surface area contributed by atoms with Gasteiger partial charge in [-0.15, -0.1) is 0 Å². The van der Waals surface area contributed by atoms with Crippen LogP contribution in [0.4, 0.5) is 0 Å².